The van der Waals surface area contributed by atoms with E-state index >= 15 is 0 Å². The summed E-state index contributed by atoms with van der Waals surface area (Å²) < 4.78 is 45.7. The van der Waals surface area contributed by atoms with Gasteiger partial charge in [-0.25, -0.2) is 4.98 Å². The zero-order valence-corrected chi connectivity index (χ0v) is 16.5. The Labute approximate surface area is 175 Å². The summed E-state index contributed by atoms with van der Waals surface area (Å²) >= 11 is 6.14. The first-order valence-corrected chi connectivity index (χ1v) is 9.35. The third kappa shape index (κ3) is 4.07. The molecular weight excluding hydrogens is 417 g/mol. The van der Waals surface area contributed by atoms with E-state index < -0.39 is 11.7 Å². The smallest absolute Gasteiger partial charge is 0.416 e. The summed E-state index contributed by atoms with van der Waals surface area (Å²) in [5, 5.41) is 0.493. The van der Waals surface area contributed by atoms with E-state index in [1.54, 1.807) is 43.5 Å². The maximum atomic E-state index is 13.0. The molecule has 0 unspecified atom stereocenters. The molecule has 0 aliphatic carbocycles. The lowest BCUT2D eigenvalue weighted by Crippen LogP contribution is -2.13. The highest BCUT2D eigenvalue weighted by atomic mass is 35.5. The fraction of sp³-hybridized carbons (Fsp3) is 0.136. The third-order valence-electron chi connectivity index (χ3n) is 4.54. The van der Waals surface area contributed by atoms with E-state index in [4.69, 9.17) is 21.2 Å². The van der Waals surface area contributed by atoms with Crippen LogP contribution in [0.3, 0.4) is 0 Å². The van der Waals surface area contributed by atoms with Gasteiger partial charge in [-0.2, -0.15) is 17.9 Å². The number of hydrogen-bond donors (Lipinski definition) is 0. The minimum absolute atomic E-state index is 0.0783. The van der Waals surface area contributed by atoms with Gasteiger partial charge in [0.15, 0.2) is 5.82 Å². The molecule has 1 aromatic heterocycles. The molecule has 0 saturated heterocycles. The number of imidazole rings is 1. The monoisotopic (exact) mass is 432 g/mol. The van der Waals surface area contributed by atoms with Crippen molar-refractivity contribution < 1.29 is 22.7 Å². The summed E-state index contributed by atoms with van der Waals surface area (Å²) in [6.07, 6.45) is -4.42. The van der Waals surface area contributed by atoms with E-state index in [9.17, 15) is 13.2 Å². The van der Waals surface area contributed by atoms with Gasteiger partial charge in [0.1, 0.15) is 17.9 Å². The number of fused-ring (bicyclic) bond motifs is 1. The number of nitrogens with zero attached hydrogens (tertiary/aromatic N) is 2. The van der Waals surface area contributed by atoms with Gasteiger partial charge in [-0.05, 0) is 60.2 Å². The van der Waals surface area contributed by atoms with Crippen LogP contribution in [-0.2, 0) is 12.8 Å². The van der Waals surface area contributed by atoms with Crippen LogP contribution in [0, 0.1) is 0 Å². The number of benzene rings is 3. The van der Waals surface area contributed by atoms with Crippen molar-refractivity contribution in [3.05, 3.63) is 82.9 Å². The minimum atomic E-state index is -4.42. The van der Waals surface area contributed by atoms with Crippen molar-refractivity contribution in [3.8, 4) is 17.1 Å². The summed E-state index contributed by atoms with van der Waals surface area (Å²) in [4.78, 5) is 10.5. The maximum Gasteiger partial charge on any atom is 0.416 e. The molecule has 0 spiro atoms. The third-order valence-corrected chi connectivity index (χ3v) is 4.77. The summed E-state index contributed by atoms with van der Waals surface area (Å²) in [6.45, 7) is -0.0783. The van der Waals surface area contributed by atoms with Crippen LogP contribution in [-0.4, -0.2) is 16.8 Å². The van der Waals surface area contributed by atoms with Gasteiger partial charge < -0.3 is 9.57 Å². The minimum Gasteiger partial charge on any atom is -0.497 e. The van der Waals surface area contributed by atoms with Crippen LogP contribution < -0.4 is 9.57 Å². The van der Waals surface area contributed by atoms with Gasteiger partial charge in [0.25, 0.3) is 0 Å². The van der Waals surface area contributed by atoms with E-state index in [0.717, 1.165) is 17.7 Å². The average molecular weight is 433 g/mol. The molecule has 0 aliphatic heterocycles. The predicted octanol–water partition coefficient (Wildman–Crippen LogP) is 6.01. The van der Waals surface area contributed by atoms with Crippen molar-refractivity contribution in [2.75, 3.05) is 7.11 Å². The second kappa shape index (κ2) is 7.91. The molecule has 4 aromatic rings. The number of methoxy groups -OCH3 is 1. The van der Waals surface area contributed by atoms with Crippen molar-refractivity contribution in [2.24, 2.45) is 0 Å². The molecule has 0 radical (unpaired) electrons. The van der Waals surface area contributed by atoms with Crippen molar-refractivity contribution in [1.29, 1.82) is 0 Å². The number of hydrogen-bond acceptors (Lipinski definition) is 3. The summed E-state index contributed by atoms with van der Waals surface area (Å²) in [7, 11) is 1.57. The fourth-order valence-electron chi connectivity index (χ4n) is 3.06. The highest BCUT2D eigenvalue weighted by Gasteiger charge is 2.30. The van der Waals surface area contributed by atoms with Gasteiger partial charge >= 0.3 is 6.18 Å². The van der Waals surface area contributed by atoms with E-state index in [-0.39, 0.29) is 6.61 Å². The van der Waals surface area contributed by atoms with Crippen LogP contribution in [0.15, 0.2) is 66.7 Å². The Morgan fingerprint density at radius 3 is 2.47 bits per heavy atom. The van der Waals surface area contributed by atoms with Crippen molar-refractivity contribution >= 4 is 22.6 Å². The Morgan fingerprint density at radius 2 is 1.77 bits per heavy atom. The Morgan fingerprint density at radius 1 is 1.00 bits per heavy atom. The average Bonchev–Trinajstić information content (AvgIpc) is 3.09. The number of ether oxygens (including phenoxy) is 1. The second-order valence-corrected chi connectivity index (χ2v) is 7.00. The molecule has 8 heteroatoms. The van der Waals surface area contributed by atoms with Gasteiger partial charge in [0, 0.05) is 10.6 Å². The summed E-state index contributed by atoms with van der Waals surface area (Å²) in [5.41, 5.74) is 1.67. The maximum absolute atomic E-state index is 13.0. The van der Waals surface area contributed by atoms with Crippen LogP contribution in [0.4, 0.5) is 13.2 Å². The molecule has 0 amide bonds. The highest BCUT2D eigenvalue weighted by molar-refractivity contribution is 6.31. The topological polar surface area (TPSA) is 36.3 Å². The van der Waals surface area contributed by atoms with Crippen LogP contribution >= 0.6 is 11.6 Å². The lowest BCUT2D eigenvalue weighted by atomic mass is 10.1. The molecule has 4 nitrogen and oxygen atoms in total. The Kier molecular flexibility index (Phi) is 5.30. The van der Waals surface area contributed by atoms with Crippen molar-refractivity contribution in [3.63, 3.8) is 0 Å². The van der Waals surface area contributed by atoms with Crippen molar-refractivity contribution in [2.45, 2.75) is 12.8 Å². The molecule has 0 saturated carbocycles. The molecule has 0 fully saturated rings. The molecule has 30 heavy (non-hydrogen) atoms. The molecule has 4 rings (SSSR count). The first-order valence-electron chi connectivity index (χ1n) is 8.97. The lowest BCUT2D eigenvalue weighted by molar-refractivity contribution is -0.137. The SMILES string of the molecule is COc1ccc(-c2nc3ccc(Cl)cc3n2OCc2cccc(C(F)(F)F)c2)cc1. The predicted molar refractivity (Wildman–Crippen MR) is 108 cm³/mol. The van der Waals surface area contributed by atoms with E-state index in [2.05, 4.69) is 4.98 Å². The van der Waals surface area contributed by atoms with Gasteiger partial charge in [-0.1, -0.05) is 23.7 Å². The zero-order valence-electron chi connectivity index (χ0n) is 15.8. The normalized spacial score (nSPS) is 11.6. The van der Waals surface area contributed by atoms with Gasteiger partial charge in [-0.15, -0.1) is 0 Å². The zero-order chi connectivity index (χ0) is 21.3. The van der Waals surface area contributed by atoms with Gasteiger partial charge in [0.05, 0.1) is 18.2 Å². The number of alkyl halides is 3. The summed E-state index contributed by atoms with van der Waals surface area (Å²) in [6, 6.07) is 17.4. The largest absolute Gasteiger partial charge is 0.497 e. The Balaban J connectivity index is 1.72. The number of halogens is 4. The Bertz CT molecular complexity index is 1190. The quantitative estimate of drug-likeness (QED) is 0.387. The van der Waals surface area contributed by atoms with Crippen LogP contribution in [0.1, 0.15) is 11.1 Å². The van der Waals surface area contributed by atoms with Gasteiger partial charge in [-0.3, -0.25) is 0 Å². The number of aromatic nitrogens is 2. The molecule has 0 aliphatic rings. The molecule has 0 atom stereocenters. The molecule has 0 N–H and O–H groups in total. The first-order chi connectivity index (χ1) is 14.3. The first kappa shape index (κ1) is 20.1. The summed E-state index contributed by atoms with van der Waals surface area (Å²) in [5.74, 6) is 1.19. The molecular formula is C22H16ClF3N2O2. The van der Waals surface area contributed by atoms with Crippen LogP contribution in [0.25, 0.3) is 22.4 Å². The van der Waals surface area contributed by atoms with Crippen LogP contribution in [0.2, 0.25) is 5.02 Å². The van der Waals surface area contributed by atoms with Crippen molar-refractivity contribution in [1.82, 2.24) is 9.71 Å². The standard InChI is InChI=1S/C22H16ClF3N2O2/c1-29-18-8-5-15(6-9-18)21-27-19-10-7-17(23)12-20(19)28(21)30-13-14-3-2-4-16(11-14)22(24,25)26/h2-12H,13H2,1H3. The number of rotatable bonds is 5. The highest BCUT2D eigenvalue weighted by Crippen LogP contribution is 2.30. The fourth-order valence-corrected chi connectivity index (χ4v) is 3.22. The molecule has 0 bridgehead atoms. The van der Waals surface area contributed by atoms with E-state index in [1.165, 1.54) is 10.8 Å². The van der Waals surface area contributed by atoms with Crippen LogP contribution in [0.5, 0.6) is 5.75 Å². The van der Waals surface area contributed by atoms with E-state index in [0.29, 0.717) is 33.2 Å². The lowest BCUT2D eigenvalue weighted by Gasteiger charge is -2.13. The molecule has 154 valence electrons. The molecule has 3 aromatic carbocycles. The van der Waals surface area contributed by atoms with Gasteiger partial charge in [0.2, 0.25) is 0 Å². The van der Waals surface area contributed by atoms with E-state index in [1.807, 2.05) is 12.1 Å². The molecule has 1 heterocycles. The Hall–Kier alpha value is -3.19. The second-order valence-electron chi connectivity index (χ2n) is 6.56.